The van der Waals surface area contributed by atoms with Crippen LogP contribution in [0.3, 0.4) is 0 Å². The Morgan fingerprint density at radius 2 is 1.66 bits per heavy atom. The van der Waals surface area contributed by atoms with Crippen LogP contribution in [0.25, 0.3) is 6.08 Å². The van der Waals surface area contributed by atoms with Crippen molar-refractivity contribution in [1.82, 2.24) is 4.57 Å². The minimum Gasteiger partial charge on any atom is -0.490 e. The minimum atomic E-state index is -5.00. The number of benzene rings is 3. The molecule has 12 heteroatoms. The van der Waals surface area contributed by atoms with E-state index in [2.05, 4.69) is 17.1 Å². The maximum absolute atomic E-state index is 14.4. The Kier molecular flexibility index (Phi) is 9.97. The number of nitrogens with zero attached hydrogens (tertiary/aromatic N) is 2. The fourth-order valence-corrected chi connectivity index (χ4v) is 6.67. The van der Waals surface area contributed by atoms with Crippen LogP contribution in [0, 0.1) is 20.8 Å². The molecule has 0 N–H and O–H groups in total. The Labute approximate surface area is 278 Å². The van der Waals surface area contributed by atoms with Crippen molar-refractivity contribution < 1.29 is 32.2 Å². The molecule has 246 valence electrons. The van der Waals surface area contributed by atoms with Gasteiger partial charge in [-0.1, -0.05) is 58.8 Å². The van der Waals surface area contributed by atoms with Crippen LogP contribution in [-0.2, 0) is 16.1 Å². The van der Waals surface area contributed by atoms with Crippen molar-refractivity contribution in [3.05, 3.63) is 124 Å². The van der Waals surface area contributed by atoms with Gasteiger partial charge in [-0.05, 0) is 92.8 Å². The standard InChI is InChI=1S/C35H32ClF3N2O5S/c1-6-44-27-16-22(8-13-26(27)46-18-25-20(4)14-19(3)15-21(25)5)17-28-32(42)41-30(23-9-11-24(36)12-10-23)29(33(43)45-7-2)31(35(37,38)39)40-34(41)47-28/h8-17,30H,6-7,18H2,1-5H3/b28-17-/t30-/m0/s1. The number of hydrogen-bond donors (Lipinski definition) is 0. The molecule has 0 bridgehead atoms. The summed E-state index contributed by atoms with van der Waals surface area (Å²) >= 11 is 6.83. The highest BCUT2D eigenvalue weighted by Crippen LogP contribution is 2.38. The quantitative estimate of drug-likeness (QED) is 0.179. The van der Waals surface area contributed by atoms with Crippen LogP contribution in [0.4, 0.5) is 13.2 Å². The second kappa shape index (κ2) is 13.8. The summed E-state index contributed by atoms with van der Waals surface area (Å²) in [6, 6.07) is 13.8. The number of hydrogen-bond acceptors (Lipinski definition) is 7. The first-order valence-corrected chi connectivity index (χ1v) is 16.0. The number of allylic oxidation sites excluding steroid dienone is 1. The fourth-order valence-electron chi connectivity index (χ4n) is 5.54. The summed E-state index contributed by atoms with van der Waals surface area (Å²) < 4.78 is 61.4. The highest BCUT2D eigenvalue weighted by molar-refractivity contribution is 7.07. The molecule has 1 aromatic heterocycles. The van der Waals surface area contributed by atoms with Crippen LogP contribution < -0.4 is 24.4 Å². The van der Waals surface area contributed by atoms with E-state index in [0.29, 0.717) is 35.3 Å². The lowest BCUT2D eigenvalue weighted by Crippen LogP contribution is -2.41. The number of fused-ring (bicyclic) bond motifs is 1. The Bertz CT molecular complexity index is 2030. The SMILES string of the molecule is CCOC(=O)C1=C(C(F)(F)F)N=c2s/c(=C\c3ccc(OCc4c(C)cc(C)cc4C)c(OCC)c3)c(=O)n2[C@H]1c1ccc(Cl)cc1. The zero-order chi connectivity index (χ0) is 34.0. The normalized spacial score (nSPS) is 14.9. The minimum absolute atomic E-state index is 0.108. The predicted octanol–water partition coefficient (Wildman–Crippen LogP) is 6.90. The summed E-state index contributed by atoms with van der Waals surface area (Å²) in [6.07, 6.45) is -3.45. The van der Waals surface area contributed by atoms with Crippen molar-refractivity contribution in [3.8, 4) is 11.5 Å². The van der Waals surface area contributed by atoms with Crippen LogP contribution in [-0.4, -0.2) is 29.9 Å². The molecule has 1 aliphatic heterocycles. The molecule has 0 spiro atoms. The number of alkyl halides is 3. The molecule has 0 radical (unpaired) electrons. The number of carbonyl (C=O) groups is 1. The van der Waals surface area contributed by atoms with Gasteiger partial charge in [0.25, 0.3) is 5.56 Å². The topological polar surface area (TPSA) is 79.1 Å². The first kappa shape index (κ1) is 34.0. The van der Waals surface area contributed by atoms with Crippen LogP contribution in [0.2, 0.25) is 5.02 Å². The van der Waals surface area contributed by atoms with Gasteiger partial charge in [0.2, 0.25) is 0 Å². The number of halogens is 4. The van der Waals surface area contributed by atoms with Crippen LogP contribution in [0.1, 0.15) is 53.3 Å². The van der Waals surface area contributed by atoms with Crippen LogP contribution >= 0.6 is 22.9 Å². The molecule has 1 atom stereocenters. The molecule has 0 fully saturated rings. The molecule has 47 heavy (non-hydrogen) atoms. The van der Waals surface area contributed by atoms with Gasteiger partial charge < -0.3 is 14.2 Å². The Morgan fingerprint density at radius 3 is 2.28 bits per heavy atom. The van der Waals surface area contributed by atoms with Crippen molar-refractivity contribution in [2.75, 3.05) is 13.2 Å². The summed E-state index contributed by atoms with van der Waals surface area (Å²) in [7, 11) is 0. The number of aromatic nitrogens is 1. The van der Waals surface area contributed by atoms with Gasteiger partial charge in [-0.25, -0.2) is 9.79 Å². The largest absolute Gasteiger partial charge is 0.490 e. The van der Waals surface area contributed by atoms with Gasteiger partial charge in [-0.15, -0.1) is 0 Å². The van der Waals surface area contributed by atoms with E-state index in [1.54, 1.807) is 24.3 Å². The Morgan fingerprint density at radius 1 is 0.979 bits per heavy atom. The first-order chi connectivity index (χ1) is 22.3. The molecule has 3 aromatic carbocycles. The lowest BCUT2D eigenvalue weighted by molar-refractivity contribution is -0.140. The molecule has 4 aromatic rings. The number of ether oxygens (including phenoxy) is 3. The zero-order valence-corrected chi connectivity index (χ0v) is 27.9. The predicted molar refractivity (Wildman–Crippen MR) is 175 cm³/mol. The number of carbonyl (C=O) groups excluding carboxylic acids is 1. The molecule has 5 rings (SSSR count). The van der Waals surface area contributed by atoms with Crippen molar-refractivity contribution in [2.24, 2.45) is 4.99 Å². The zero-order valence-electron chi connectivity index (χ0n) is 26.3. The summed E-state index contributed by atoms with van der Waals surface area (Å²) in [6.45, 7) is 9.93. The van der Waals surface area contributed by atoms with E-state index in [4.69, 9.17) is 25.8 Å². The Balaban J connectivity index is 1.61. The molecule has 1 aliphatic rings. The molecule has 0 aliphatic carbocycles. The second-order valence-electron chi connectivity index (χ2n) is 10.9. The number of thiazole rings is 1. The van der Waals surface area contributed by atoms with E-state index >= 15 is 0 Å². The summed E-state index contributed by atoms with van der Waals surface area (Å²) in [5, 5.41) is 0.334. The van der Waals surface area contributed by atoms with Gasteiger partial charge in [0.05, 0.1) is 29.4 Å². The van der Waals surface area contributed by atoms with Gasteiger partial charge in [-0.3, -0.25) is 9.36 Å². The molecule has 0 saturated heterocycles. The van der Waals surface area contributed by atoms with E-state index in [-0.39, 0.29) is 21.5 Å². The molecular weight excluding hydrogens is 653 g/mol. The fraction of sp³-hybridized carbons (Fsp3) is 0.286. The Hall–Kier alpha value is -4.35. The van der Waals surface area contributed by atoms with Gasteiger partial charge >= 0.3 is 12.1 Å². The van der Waals surface area contributed by atoms with E-state index in [1.165, 1.54) is 36.8 Å². The average molecular weight is 685 g/mol. The van der Waals surface area contributed by atoms with E-state index in [9.17, 15) is 22.8 Å². The molecule has 0 saturated carbocycles. The maximum Gasteiger partial charge on any atom is 0.434 e. The van der Waals surface area contributed by atoms with Gasteiger partial charge in [-0.2, -0.15) is 13.2 Å². The third-order valence-electron chi connectivity index (χ3n) is 7.56. The smallest absolute Gasteiger partial charge is 0.434 e. The lowest BCUT2D eigenvalue weighted by atomic mass is 9.95. The molecule has 0 amide bonds. The van der Waals surface area contributed by atoms with Crippen molar-refractivity contribution in [3.63, 3.8) is 0 Å². The maximum atomic E-state index is 14.4. The van der Waals surface area contributed by atoms with Crippen molar-refractivity contribution in [2.45, 2.75) is 53.4 Å². The van der Waals surface area contributed by atoms with Crippen LogP contribution in [0.5, 0.6) is 11.5 Å². The van der Waals surface area contributed by atoms with Crippen molar-refractivity contribution in [1.29, 1.82) is 0 Å². The molecule has 2 heterocycles. The van der Waals surface area contributed by atoms with Gasteiger partial charge in [0, 0.05) is 5.02 Å². The van der Waals surface area contributed by atoms with Crippen LogP contribution in [0.15, 0.2) is 75.7 Å². The average Bonchev–Trinajstić information content (AvgIpc) is 3.31. The highest BCUT2D eigenvalue weighted by Gasteiger charge is 2.45. The van der Waals surface area contributed by atoms with E-state index in [1.807, 2.05) is 27.7 Å². The highest BCUT2D eigenvalue weighted by atomic mass is 35.5. The first-order valence-electron chi connectivity index (χ1n) is 14.8. The van der Waals surface area contributed by atoms with E-state index in [0.717, 1.165) is 32.6 Å². The molecular formula is C35H32ClF3N2O5S. The second-order valence-corrected chi connectivity index (χ2v) is 12.4. The number of aryl methyl sites for hydroxylation is 3. The summed E-state index contributed by atoms with van der Waals surface area (Å²) in [4.78, 5) is 30.5. The molecule has 0 unspecified atom stereocenters. The number of rotatable bonds is 9. The van der Waals surface area contributed by atoms with Gasteiger partial charge in [0.15, 0.2) is 22.0 Å². The summed E-state index contributed by atoms with van der Waals surface area (Å²) in [5.41, 5.74) is 2.44. The summed E-state index contributed by atoms with van der Waals surface area (Å²) in [5.74, 6) is -0.272. The molecule has 7 nitrogen and oxygen atoms in total. The van der Waals surface area contributed by atoms with Gasteiger partial charge in [0.1, 0.15) is 6.61 Å². The monoisotopic (exact) mass is 684 g/mol. The third kappa shape index (κ3) is 7.16. The third-order valence-corrected chi connectivity index (χ3v) is 8.79. The van der Waals surface area contributed by atoms with Crippen molar-refractivity contribution >= 4 is 35.0 Å². The lowest BCUT2D eigenvalue weighted by Gasteiger charge is -2.26. The van der Waals surface area contributed by atoms with E-state index < -0.39 is 35.0 Å². The number of esters is 1.